The number of methoxy groups -OCH3 is 3. The van der Waals surface area contributed by atoms with Gasteiger partial charge in [-0.15, -0.1) is 0 Å². The Morgan fingerprint density at radius 1 is 0.786 bits per heavy atom. The van der Waals surface area contributed by atoms with Crippen LogP contribution in [0.1, 0.15) is 54.1 Å². The van der Waals surface area contributed by atoms with E-state index < -0.39 is 5.41 Å². The number of carbonyl (C=O) groups is 3. The van der Waals surface area contributed by atoms with Crippen molar-refractivity contribution in [1.82, 2.24) is 30.1 Å². The second-order valence-electron chi connectivity index (χ2n) is 14.7. The zero-order chi connectivity index (χ0) is 39.9. The molecule has 2 aromatic carbocycles. The van der Waals surface area contributed by atoms with Gasteiger partial charge in [0, 0.05) is 62.6 Å². The summed E-state index contributed by atoms with van der Waals surface area (Å²) in [4.78, 5) is 50.9. The number of carbonyl (C=O) groups excluding carboxylic acids is 3. The van der Waals surface area contributed by atoms with Crippen LogP contribution in [0.25, 0.3) is 0 Å². The molecule has 0 saturated carbocycles. The van der Waals surface area contributed by atoms with Gasteiger partial charge in [-0.05, 0) is 99.8 Å². The van der Waals surface area contributed by atoms with Crippen molar-refractivity contribution in [2.75, 3.05) is 93.4 Å². The van der Waals surface area contributed by atoms with E-state index in [2.05, 4.69) is 20.2 Å². The summed E-state index contributed by atoms with van der Waals surface area (Å²) in [6.45, 7) is 8.19. The van der Waals surface area contributed by atoms with Crippen LogP contribution in [0.3, 0.4) is 0 Å². The minimum absolute atomic E-state index is 0.0220. The number of amides is 2. The van der Waals surface area contributed by atoms with E-state index in [9.17, 15) is 14.4 Å². The number of hydrogen-bond donors (Lipinski definition) is 1. The molecule has 3 aliphatic heterocycles. The first-order chi connectivity index (χ1) is 27.0. The summed E-state index contributed by atoms with van der Waals surface area (Å²) in [6.07, 6.45) is 6.28. The van der Waals surface area contributed by atoms with E-state index in [1.165, 1.54) is 21.3 Å². The van der Waals surface area contributed by atoms with Crippen LogP contribution in [0.15, 0.2) is 54.9 Å². The summed E-state index contributed by atoms with van der Waals surface area (Å²) in [6, 6.07) is 13.1. The van der Waals surface area contributed by atoms with Gasteiger partial charge >= 0.3 is 5.97 Å². The lowest BCUT2D eigenvalue weighted by molar-refractivity contribution is -0.145. The van der Waals surface area contributed by atoms with Crippen molar-refractivity contribution in [1.29, 1.82) is 0 Å². The number of piperidine rings is 1. The number of piperazine rings is 1. The maximum Gasteiger partial charge on any atom is 0.320 e. The second kappa shape index (κ2) is 18.4. The lowest BCUT2D eigenvalue weighted by atomic mass is 9.72. The number of ether oxygens (including phenoxy) is 4. The number of benzene rings is 2. The first kappa shape index (κ1) is 41.5. The van der Waals surface area contributed by atoms with Gasteiger partial charge in [0.25, 0.3) is 5.91 Å². The summed E-state index contributed by atoms with van der Waals surface area (Å²) < 4.78 is 21.7. The fourth-order valence-electron chi connectivity index (χ4n) is 8.35. The third kappa shape index (κ3) is 9.02. The Kier molecular flexibility index (Phi) is 13.6. The van der Waals surface area contributed by atoms with Crippen LogP contribution < -0.4 is 19.6 Å². The average molecular weight is 812 g/mol. The largest absolute Gasteiger partial charge is 0.493 e. The van der Waals surface area contributed by atoms with E-state index in [-0.39, 0.29) is 29.7 Å². The van der Waals surface area contributed by atoms with Crippen molar-refractivity contribution in [3.05, 3.63) is 81.6 Å². The van der Waals surface area contributed by atoms with Gasteiger partial charge in [0.05, 0.1) is 49.9 Å². The highest BCUT2D eigenvalue weighted by Crippen LogP contribution is 2.43. The van der Waals surface area contributed by atoms with Crippen LogP contribution in [-0.2, 0) is 25.2 Å². The molecule has 0 bridgehead atoms. The van der Waals surface area contributed by atoms with E-state index in [0.717, 1.165) is 30.5 Å². The van der Waals surface area contributed by atoms with Gasteiger partial charge in [-0.25, -0.2) is 5.01 Å². The molecule has 3 saturated heterocycles. The molecule has 1 aromatic heterocycles. The van der Waals surface area contributed by atoms with Gasteiger partial charge in [0.15, 0.2) is 11.5 Å². The van der Waals surface area contributed by atoms with Gasteiger partial charge < -0.3 is 28.7 Å². The first-order valence-corrected chi connectivity index (χ1v) is 19.9. The molecule has 3 aromatic rings. The summed E-state index contributed by atoms with van der Waals surface area (Å²) in [5.74, 6) is 0.881. The van der Waals surface area contributed by atoms with E-state index in [1.807, 2.05) is 40.2 Å². The van der Waals surface area contributed by atoms with Crippen molar-refractivity contribution in [2.24, 2.45) is 0 Å². The molecule has 3 aliphatic rings. The van der Waals surface area contributed by atoms with Gasteiger partial charge in [0.1, 0.15) is 0 Å². The number of nitrogens with zero attached hydrogens (tertiary/aromatic N) is 5. The number of hydrogen-bond acceptors (Lipinski definition) is 11. The van der Waals surface area contributed by atoms with Crippen molar-refractivity contribution >= 4 is 41.0 Å². The van der Waals surface area contributed by atoms with E-state index >= 15 is 0 Å². The number of hydrazine groups is 1. The van der Waals surface area contributed by atoms with E-state index in [4.69, 9.17) is 42.1 Å². The predicted octanol–water partition coefficient (Wildman–Crippen LogP) is 4.83. The molecule has 3 fully saturated rings. The molecule has 6 rings (SSSR count). The molecule has 0 radical (unpaired) electrons. The molecule has 1 N–H and O–H groups in total. The quantitative estimate of drug-likeness (QED) is 0.225. The summed E-state index contributed by atoms with van der Waals surface area (Å²) in [5.41, 5.74) is 4.58. The molecule has 13 nitrogen and oxygen atoms in total. The molecule has 1 atom stereocenters. The van der Waals surface area contributed by atoms with Gasteiger partial charge in [-0.2, -0.15) is 0 Å². The van der Waals surface area contributed by atoms with Crippen LogP contribution >= 0.6 is 23.2 Å². The van der Waals surface area contributed by atoms with Gasteiger partial charge in [-0.1, -0.05) is 29.3 Å². The Labute approximate surface area is 339 Å². The topological polar surface area (TPSA) is 126 Å². The normalized spacial score (nSPS) is 20.4. The minimum Gasteiger partial charge on any atom is -0.493 e. The molecular formula is C41H52Cl2N6O7. The molecule has 0 aliphatic carbocycles. The molecule has 15 heteroatoms. The number of pyridine rings is 1. The molecule has 302 valence electrons. The van der Waals surface area contributed by atoms with Crippen LogP contribution in [-0.4, -0.2) is 136 Å². The highest BCUT2D eigenvalue weighted by atomic mass is 35.5. The van der Waals surface area contributed by atoms with Gasteiger partial charge in [-0.3, -0.25) is 29.7 Å². The van der Waals surface area contributed by atoms with Crippen LogP contribution in [0, 0.1) is 0 Å². The van der Waals surface area contributed by atoms with Crippen LogP contribution in [0.2, 0.25) is 10.0 Å². The fraction of sp³-hybridized carbons (Fsp3) is 0.512. The predicted molar refractivity (Wildman–Crippen MR) is 214 cm³/mol. The third-order valence-corrected chi connectivity index (χ3v) is 12.4. The molecule has 2 amide bonds. The number of halogens is 2. The Morgan fingerprint density at radius 3 is 2.07 bits per heavy atom. The molecule has 0 spiro atoms. The van der Waals surface area contributed by atoms with E-state index in [0.29, 0.717) is 105 Å². The van der Waals surface area contributed by atoms with Crippen molar-refractivity contribution in [2.45, 2.75) is 43.4 Å². The maximum absolute atomic E-state index is 14.3. The zero-order valence-corrected chi connectivity index (χ0v) is 34.2. The Hall–Kier alpha value is -4.14. The number of esters is 1. The second-order valence-corrected chi connectivity index (χ2v) is 15.5. The van der Waals surface area contributed by atoms with Crippen LogP contribution in [0.4, 0.5) is 0 Å². The number of rotatable bonds is 14. The number of nitrogens with one attached hydrogen (secondary N) is 1. The highest BCUT2D eigenvalue weighted by Gasteiger charge is 2.46. The summed E-state index contributed by atoms with van der Waals surface area (Å²) in [5, 5.41) is 2.92. The SMILES string of the molecule is CCOC(=O)CN1CCN(NC(=O)C2(c3ccncc3)CCN(CCC3(c4ccc(Cl)c(Cl)c4)CCN(C(=O)c4cc(OC)c(OC)c(OC)c4)C3)CC2)CC1. The van der Waals surface area contributed by atoms with Crippen molar-refractivity contribution in [3.8, 4) is 17.2 Å². The Balaban J connectivity index is 1.15. The Morgan fingerprint density at radius 2 is 1.46 bits per heavy atom. The average Bonchev–Trinajstić information content (AvgIpc) is 3.67. The monoisotopic (exact) mass is 810 g/mol. The smallest absolute Gasteiger partial charge is 0.320 e. The number of likely N-dealkylation sites (tertiary alicyclic amines) is 2. The molecule has 56 heavy (non-hydrogen) atoms. The summed E-state index contributed by atoms with van der Waals surface area (Å²) >= 11 is 13.0. The lowest BCUT2D eigenvalue weighted by Gasteiger charge is -2.43. The van der Waals surface area contributed by atoms with Crippen molar-refractivity contribution < 1.29 is 33.3 Å². The minimum atomic E-state index is -0.722. The highest BCUT2D eigenvalue weighted by molar-refractivity contribution is 6.42. The van der Waals surface area contributed by atoms with Gasteiger partial charge in [0.2, 0.25) is 11.7 Å². The molecule has 4 heterocycles. The maximum atomic E-state index is 14.3. The van der Waals surface area contributed by atoms with E-state index in [1.54, 1.807) is 31.5 Å². The standard InChI is InChI=1S/C41H52Cl2N6O7/c1-5-56-36(50)27-47-20-22-49(23-21-47)45-39(52)41(30-8-14-44-15-9-30)12-17-46(18-13-41)16-10-40(31-6-7-32(42)33(43)26-31)11-19-48(28-40)38(51)29-24-34(53-2)37(55-4)35(25-29)54-3/h6-9,14-15,24-26H,5,10-13,16-23,27-28H2,1-4H3,(H,45,52). The Bertz CT molecular complexity index is 1830. The molecular weight excluding hydrogens is 759 g/mol. The number of aromatic nitrogens is 1. The summed E-state index contributed by atoms with van der Waals surface area (Å²) in [7, 11) is 4.59. The zero-order valence-electron chi connectivity index (χ0n) is 32.7. The molecule has 1 unspecified atom stereocenters. The lowest BCUT2D eigenvalue weighted by Crippen LogP contribution is -2.59. The van der Waals surface area contributed by atoms with Crippen LogP contribution in [0.5, 0.6) is 17.2 Å². The van der Waals surface area contributed by atoms with Crippen molar-refractivity contribution in [3.63, 3.8) is 0 Å². The fourth-order valence-corrected chi connectivity index (χ4v) is 8.65. The first-order valence-electron chi connectivity index (χ1n) is 19.2. The third-order valence-electron chi connectivity index (χ3n) is 11.7.